The van der Waals surface area contributed by atoms with Crippen LogP contribution >= 0.6 is 11.6 Å². The van der Waals surface area contributed by atoms with Gasteiger partial charge in [-0.2, -0.15) is 0 Å². The van der Waals surface area contributed by atoms with Crippen molar-refractivity contribution in [2.75, 3.05) is 20.1 Å². The van der Waals surface area contributed by atoms with Gasteiger partial charge in [0, 0.05) is 37.1 Å². The topological polar surface area (TPSA) is 40.6 Å². The molecule has 2 fully saturated rings. The second kappa shape index (κ2) is 5.92. The van der Waals surface area contributed by atoms with Gasteiger partial charge in [0.05, 0.1) is 5.54 Å². The Labute approximate surface area is 136 Å². The third-order valence-electron chi connectivity index (χ3n) is 5.03. The highest BCUT2D eigenvalue weighted by Gasteiger charge is 2.44. The van der Waals surface area contributed by atoms with Crippen LogP contribution in [-0.2, 0) is 4.79 Å². The molecular formula is C17H21ClN2O2. The first kappa shape index (κ1) is 15.3. The molecule has 4 nitrogen and oxygen atoms in total. The fourth-order valence-electron chi connectivity index (χ4n) is 3.74. The van der Waals surface area contributed by atoms with E-state index >= 15 is 0 Å². The number of hydrogen-bond acceptors (Lipinski definition) is 2. The second-order valence-corrected chi connectivity index (χ2v) is 6.81. The van der Waals surface area contributed by atoms with E-state index in [2.05, 4.69) is 0 Å². The summed E-state index contributed by atoms with van der Waals surface area (Å²) in [7, 11) is 1.88. The summed E-state index contributed by atoms with van der Waals surface area (Å²) >= 11 is 5.99. The Bertz CT molecular complexity index is 600. The average molecular weight is 321 g/mol. The molecule has 1 atom stereocenters. The van der Waals surface area contributed by atoms with Crippen LogP contribution in [0.1, 0.15) is 42.5 Å². The van der Waals surface area contributed by atoms with Crippen molar-refractivity contribution in [1.29, 1.82) is 0 Å². The van der Waals surface area contributed by atoms with Crippen LogP contribution in [0.3, 0.4) is 0 Å². The van der Waals surface area contributed by atoms with E-state index in [-0.39, 0.29) is 17.4 Å². The number of halogens is 1. The Morgan fingerprint density at radius 1 is 1.27 bits per heavy atom. The Morgan fingerprint density at radius 2 is 2.05 bits per heavy atom. The third-order valence-corrected chi connectivity index (χ3v) is 5.27. The molecule has 1 aromatic carbocycles. The SMILES string of the molecule is CN1C(=O)CCCC12CCCN(C(=O)c1cccc(Cl)c1)C2. The predicted molar refractivity (Wildman–Crippen MR) is 85.9 cm³/mol. The molecule has 2 aliphatic rings. The van der Waals surface area contributed by atoms with Gasteiger partial charge in [-0.25, -0.2) is 0 Å². The highest BCUT2D eigenvalue weighted by Crippen LogP contribution is 2.36. The average Bonchev–Trinajstić information content (AvgIpc) is 2.52. The zero-order chi connectivity index (χ0) is 15.7. The maximum absolute atomic E-state index is 12.7. The summed E-state index contributed by atoms with van der Waals surface area (Å²) in [4.78, 5) is 28.6. The van der Waals surface area contributed by atoms with Crippen molar-refractivity contribution in [3.8, 4) is 0 Å². The van der Waals surface area contributed by atoms with Crippen molar-refractivity contribution in [3.63, 3.8) is 0 Å². The third kappa shape index (κ3) is 2.72. The van der Waals surface area contributed by atoms with Gasteiger partial charge in [-0.1, -0.05) is 17.7 Å². The van der Waals surface area contributed by atoms with E-state index in [1.54, 1.807) is 24.3 Å². The van der Waals surface area contributed by atoms with Gasteiger partial charge in [0.1, 0.15) is 0 Å². The summed E-state index contributed by atoms with van der Waals surface area (Å²) in [5.41, 5.74) is 0.441. The Morgan fingerprint density at radius 3 is 2.82 bits per heavy atom. The molecule has 0 N–H and O–H groups in total. The number of rotatable bonds is 1. The lowest BCUT2D eigenvalue weighted by Crippen LogP contribution is -2.61. The number of likely N-dealkylation sites (N-methyl/N-ethyl adjacent to an activating group) is 1. The lowest BCUT2D eigenvalue weighted by atomic mass is 9.80. The normalized spacial score (nSPS) is 25.6. The molecule has 1 spiro atoms. The van der Waals surface area contributed by atoms with Crippen LogP contribution in [-0.4, -0.2) is 47.3 Å². The molecule has 2 heterocycles. The molecule has 1 aromatic rings. The quantitative estimate of drug-likeness (QED) is 0.798. The highest BCUT2D eigenvalue weighted by atomic mass is 35.5. The first-order valence-electron chi connectivity index (χ1n) is 7.83. The molecule has 0 radical (unpaired) electrons. The zero-order valence-corrected chi connectivity index (χ0v) is 13.6. The minimum Gasteiger partial charge on any atom is -0.338 e. The molecule has 3 rings (SSSR count). The lowest BCUT2D eigenvalue weighted by molar-refractivity contribution is -0.142. The maximum Gasteiger partial charge on any atom is 0.253 e. The van der Waals surface area contributed by atoms with Gasteiger partial charge in [-0.3, -0.25) is 9.59 Å². The number of likely N-dealkylation sites (tertiary alicyclic amines) is 2. The largest absolute Gasteiger partial charge is 0.338 e. The zero-order valence-electron chi connectivity index (χ0n) is 12.8. The Kier molecular flexibility index (Phi) is 4.13. The molecule has 1 unspecified atom stereocenters. The van der Waals surface area contributed by atoms with Gasteiger partial charge < -0.3 is 9.80 Å². The van der Waals surface area contributed by atoms with Crippen LogP contribution < -0.4 is 0 Å². The Balaban J connectivity index is 1.81. The van der Waals surface area contributed by atoms with Gasteiger partial charge >= 0.3 is 0 Å². The molecule has 2 saturated heterocycles. The summed E-state index contributed by atoms with van der Waals surface area (Å²) in [6.07, 6.45) is 4.44. The van der Waals surface area contributed by atoms with Crippen molar-refractivity contribution in [3.05, 3.63) is 34.9 Å². The van der Waals surface area contributed by atoms with Crippen molar-refractivity contribution in [2.24, 2.45) is 0 Å². The minimum atomic E-state index is -0.179. The van der Waals surface area contributed by atoms with Gasteiger partial charge in [0.15, 0.2) is 0 Å². The van der Waals surface area contributed by atoms with E-state index in [1.807, 2.05) is 16.8 Å². The van der Waals surface area contributed by atoms with Crippen molar-refractivity contribution < 1.29 is 9.59 Å². The fourth-order valence-corrected chi connectivity index (χ4v) is 3.93. The predicted octanol–water partition coefficient (Wildman–Crippen LogP) is 2.96. The van der Waals surface area contributed by atoms with Crippen LogP contribution in [0.4, 0.5) is 0 Å². The fraction of sp³-hybridized carbons (Fsp3) is 0.529. The van der Waals surface area contributed by atoms with Crippen LogP contribution in [0.25, 0.3) is 0 Å². The van der Waals surface area contributed by atoms with Gasteiger partial charge in [0.25, 0.3) is 5.91 Å². The van der Waals surface area contributed by atoms with E-state index in [4.69, 9.17) is 11.6 Å². The minimum absolute atomic E-state index is 0.00741. The highest BCUT2D eigenvalue weighted by molar-refractivity contribution is 6.30. The molecule has 5 heteroatoms. The number of benzene rings is 1. The van der Waals surface area contributed by atoms with E-state index < -0.39 is 0 Å². The number of carbonyl (C=O) groups is 2. The summed E-state index contributed by atoms with van der Waals surface area (Å²) < 4.78 is 0. The summed E-state index contributed by atoms with van der Waals surface area (Å²) in [6.45, 7) is 1.37. The van der Waals surface area contributed by atoms with Crippen molar-refractivity contribution >= 4 is 23.4 Å². The van der Waals surface area contributed by atoms with Crippen LogP contribution in [0, 0.1) is 0 Å². The van der Waals surface area contributed by atoms with Gasteiger partial charge in [0.2, 0.25) is 5.91 Å². The second-order valence-electron chi connectivity index (χ2n) is 6.37. The molecule has 2 amide bonds. The van der Waals surface area contributed by atoms with Crippen LogP contribution in [0.15, 0.2) is 24.3 Å². The summed E-state index contributed by atoms with van der Waals surface area (Å²) in [5, 5.41) is 0.572. The molecule has 0 aromatic heterocycles. The lowest BCUT2D eigenvalue weighted by Gasteiger charge is -2.50. The smallest absolute Gasteiger partial charge is 0.253 e. The van der Waals surface area contributed by atoms with Crippen LogP contribution in [0.5, 0.6) is 0 Å². The maximum atomic E-state index is 12.7. The van der Waals surface area contributed by atoms with Crippen molar-refractivity contribution in [1.82, 2.24) is 9.80 Å². The van der Waals surface area contributed by atoms with E-state index in [0.717, 1.165) is 32.2 Å². The monoisotopic (exact) mass is 320 g/mol. The molecule has 2 aliphatic heterocycles. The summed E-state index contributed by atoms with van der Waals surface area (Å²) in [6, 6.07) is 7.07. The molecule has 0 bridgehead atoms. The van der Waals surface area contributed by atoms with Crippen LogP contribution in [0.2, 0.25) is 5.02 Å². The number of amides is 2. The molecule has 22 heavy (non-hydrogen) atoms. The number of nitrogens with zero attached hydrogens (tertiary/aromatic N) is 2. The number of piperidine rings is 2. The van der Waals surface area contributed by atoms with E-state index in [1.165, 1.54) is 0 Å². The first-order chi connectivity index (χ1) is 10.5. The molecule has 0 aliphatic carbocycles. The number of carbonyl (C=O) groups excluding carboxylic acids is 2. The van der Waals surface area contributed by atoms with E-state index in [9.17, 15) is 9.59 Å². The van der Waals surface area contributed by atoms with Gasteiger partial charge in [-0.15, -0.1) is 0 Å². The number of hydrogen-bond donors (Lipinski definition) is 0. The molecular weight excluding hydrogens is 300 g/mol. The molecule has 0 saturated carbocycles. The molecule has 118 valence electrons. The van der Waals surface area contributed by atoms with Gasteiger partial charge in [-0.05, 0) is 43.9 Å². The summed E-state index contributed by atoms with van der Waals surface area (Å²) in [5.74, 6) is 0.205. The Hall–Kier alpha value is -1.55. The standard InChI is InChI=1S/C17H21ClN2O2/c1-19-15(21)7-3-8-17(19)9-4-10-20(12-17)16(22)13-5-2-6-14(18)11-13/h2,5-6,11H,3-4,7-10,12H2,1H3. The van der Waals surface area contributed by atoms with Crippen molar-refractivity contribution in [2.45, 2.75) is 37.6 Å². The van der Waals surface area contributed by atoms with E-state index in [0.29, 0.717) is 23.6 Å². The first-order valence-corrected chi connectivity index (χ1v) is 8.21.